The van der Waals surface area contributed by atoms with Crippen molar-refractivity contribution in [2.45, 2.75) is 0 Å². The van der Waals surface area contributed by atoms with Crippen LogP contribution in [0.15, 0.2) is 21.2 Å². The maximum atomic E-state index is 5.51. The standard InChI is InChI=1S/C5H8IN3/c7-3-1-4(8)5(9)6-2-3/h1-2H,7-9H2. The van der Waals surface area contributed by atoms with Crippen LogP contribution in [0.4, 0.5) is 0 Å². The van der Waals surface area contributed by atoms with Crippen molar-refractivity contribution in [3.63, 3.8) is 0 Å². The quantitative estimate of drug-likeness (QED) is 0.400. The van der Waals surface area contributed by atoms with Crippen molar-refractivity contribution in [1.82, 2.24) is 0 Å². The SMILES string of the molecule is NC1=CC(N)=C(N)I=C1. The summed E-state index contributed by atoms with van der Waals surface area (Å²) in [5.74, 6) is 0. The highest BCUT2D eigenvalue weighted by molar-refractivity contribution is 14.2. The van der Waals surface area contributed by atoms with Gasteiger partial charge < -0.3 is 17.2 Å². The molecule has 1 aliphatic heterocycles. The molecule has 4 heteroatoms. The molecule has 50 valence electrons. The maximum absolute atomic E-state index is 5.51. The van der Waals surface area contributed by atoms with Crippen LogP contribution in [-0.2, 0) is 0 Å². The normalized spacial score (nSPS) is 18.9. The summed E-state index contributed by atoms with van der Waals surface area (Å²) in [6, 6.07) is 0. The summed E-state index contributed by atoms with van der Waals surface area (Å²) in [5.41, 5.74) is 17.8. The van der Waals surface area contributed by atoms with E-state index in [9.17, 15) is 0 Å². The van der Waals surface area contributed by atoms with Gasteiger partial charge in [-0.05, 0) is 10.1 Å². The Morgan fingerprint density at radius 3 is 2.33 bits per heavy atom. The van der Waals surface area contributed by atoms with Gasteiger partial charge in [0.15, 0.2) is 0 Å². The van der Waals surface area contributed by atoms with Gasteiger partial charge in [0.1, 0.15) is 0 Å². The predicted octanol–water partition coefficient (Wildman–Crippen LogP) is -0.298. The second kappa shape index (κ2) is 2.38. The lowest BCUT2D eigenvalue weighted by Gasteiger charge is -2.03. The van der Waals surface area contributed by atoms with Gasteiger partial charge in [0, 0.05) is 5.70 Å². The Labute approximate surface area is 63.3 Å². The van der Waals surface area contributed by atoms with Crippen molar-refractivity contribution in [1.29, 1.82) is 0 Å². The third kappa shape index (κ3) is 1.44. The van der Waals surface area contributed by atoms with Gasteiger partial charge in [-0.1, -0.05) is 20.7 Å². The molecule has 9 heavy (non-hydrogen) atoms. The molecular weight excluding hydrogens is 229 g/mol. The van der Waals surface area contributed by atoms with E-state index in [4.69, 9.17) is 17.2 Å². The van der Waals surface area contributed by atoms with E-state index in [-0.39, 0.29) is 20.7 Å². The Balaban J connectivity index is 3.01. The number of allylic oxidation sites excluding steroid dienone is 2. The molecular formula is C5H8IN3. The summed E-state index contributed by atoms with van der Waals surface area (Å²) >= 11 is -0.214. The first kappa shape index (κ1) is 6.60. The van der Waals surface area contributed by atoms with Crippen LogP contribution in [0.3, 0.4) is 0 Å². The van der Waals surface area contributed by atoms with Crippen LogP contribution in [0.25, 0.3) is 0 Å². The Morgan fingerprint density at radius 1 is 1.22 bits per heavy atom. The minimum atomic E-state index is -0.214. The monoisotopic (exact) mass is 237 g/mol. The van der Waals surface area contributed by atoms with Crippen molar-refractivity contribution in [3.8, 4) is 0 Å². The van der Waals surface area contributed by atoms with Crippen LogP contribution in [0, 0.1) is 0 Å². The molecule has 0 radical (unpaired) electrons. The number of rotatable bonds is 0. The lowest BCUT2D eigenvalue weighted by molar-refractivity contribution is 1.33. The second-order valence-corrected chi connectivity index (χ2v) is 4.07. The third-order valence-electron chi connectivity index (χ3n) is 0.896. The first-order valence-electron chi connectivity index (χ1n) is 2.39. The zero-order valence-corrected chi connectivity index (χ0v) is 6.92. The van der Waals surface area contributed by atoms with Gasteiger partial charge in [-0.2, -0.15) is 0 Å². The summed E-state index contributed by atoms with van der Waals surface area (Å²) in [6.07, 6.45) is 1.69. The second-order valence-electron chi connectivity index (χ2n) is 1.67. The molecule has 1 heterocycles. The zero-order chi connectivity index (χ0) is 6.85. The molecule has 0 aliphatic carbocycles. The summed E-state index contributed by atoms with van der Waals surface area (Å²) in [5, 5.41) is 0. The highest BCUT2D eigenvalue weighted by Crippen LogP contribution is 2.15. The fourth-order valence-corrected chi connectivity index (χ4v) is 1.85. The number of hydrogen-bond donors (Lipinski definition) is 3. The van der Waals surface area contributed by atoms with Crippen molar-refractivity contribution in [3.05, 3.63) is 21.2 Å². The van der Waals surface area contributed by atoms with Gasteiger partial charge >= 0.3 is 0 Å². The highest BCUT2D eigenvalue weighted by Gasteiger charge is 1.97. The van der Waals surface area contributed by atoms with Crippen LogP contribution in [-0.4, -0.2) is 4.01 Å². The molecule has 0 bridgehead atoms. The molecule has 0 saturated carbocycles. The molecule has 3 nitrogen and oxygen atoms in total. The molecule has 0 fully saturated rings. The van der Waals surface area contributed by atoms with Crippen LogP contribution < -0.4 is 17.2 Å². The molecule has 0 aromatic heterocycles. The van der Waals surface area contributed by atoms with Crippen LogP contribution >= 0.6 is 20.7 Å². The Kier molecular flexibility index (Phi) is 1.75. The minimum absolute atomic E-state index is 0.214. The lowest BCUT2D eigenvalue weighted by Crippen LogP contribution is -2.10. The smallest absolute Gasteiger partial charge is 0.0884 e. The van der Waals surface area contributed by atoms with Gasteiger partial charge in [0.25, 0.3) is 0 Å². The highest BCUT2D eigenvalue weighted by atomic mass is 127. The van der Waals surface area contributed by atoms with E-state index in [0.29, 0.717) is 5.70 Å². The number of hydrogen-bond acceptors (Lipinski definition) is 3. The van der Waals surface area contributed by atoms with Crippen molar-refractivity contribution in [2.24, 2.45) is 17.2 Å². The molecule has 6 N–H and O–H groups in total. The predicted molar refractivity (Wildman–Crippen MR) is 47.8 cm³/mol. The topological polar surface area (TPSA) is 78.1 Å². The number of halogens is 1. The first-order valence-corrected chi connectivity index (χ1v) is 4.71. The summed E-state index contributed by atoms with van der Waals surface area (Å²) < 4.78 is 2.76. The Bertz CT molecular complexity index is 214. The van der Waals surface area contributed by atoms with Crippen molar-refractivity contribution < 1.29 is 0 Å². The fourth-order valence-electron chi connectivity index (χ4n) is 0.465. The minimum Gasteiger partial charge on any atom is -0.398 e. The van der Waals surface area contributed by atoms with Crippen molar-refractivity contribution in [2.75, 3.05) is 0 Å². The first-order chi connectivity index (χ1) is 4.20. The maximum Gasteiger partial charge on any atom is 0.0884 e. The van der Waals surface area contributed by atoms with E-state index >= 15 is 0 Å². The molecule has 0 saturated heterocycles. The van der Waals surface area contributed by atoms with Gasteiger partial charge in [0.2, 0.25) is 0 Å². The average molecular weight is 237 g/mol. The van der Waals surface area contributed by atoms with E-state index in [2.05, 4.69) is 0 Å². The third-order valence-corrected chi connectivity index (χ3v) is 3.22. The zero-order valence-electron chi connectivity index (χ0n) is 4.76. The summed E-state index contributed by atoms with van der Waals surface area (Å²) in [7, 11) is 0. The lowest BCUT2D eigenvalue weighted by atomic mass is 10.4. The van der Waals surface area contributed by atoms with Gasteiger partial charge in [-0.3, -0.25) is 0 Å². The summed E-state index contributed by atoms with van der Waals surface area (Å²) in [4.78, 5) is 0. The molecule has 1 rings (SSSR count). The van der Waals surface area contributed by atoms with E-state index in [1.165, 1.54) is 0 Å². The molecule has 0 unspecified atom stereocenters. The molecule has 0 aromatic carbocycles. The van der Waals surface area contributed by atoms with E-state index in [1.54, 1.807) is 6.08 Å². The largest absolute Gasteiger partial charge is 0.398 e. The van der Waals surface area contributed by atoms with Crippen LogP contribution in [0.1, 0.15) is 0 Å². The molecule has 0 amide bonds. The van der Waals surface area contributed by atoms with E-state index < -0.39 is 0 Å². The molecule has 0 spiro atoms. The fraction of sp³-hybridized carbons (Fsp3) is 0. The van der Waals surface area contributed by atoms with Crippen LogP contribution in [0.5, 0.6) is 0 Å². The van der Waals surface area contributed by atoms with Crippen molar-refractivity contribution >= 4 is 24.7 Å². The Hall–Kier alpha value is -0.520. The van der Waals surface area contributed by atoms with Crippen LogP contribution in [0.2, 0.25) is 0 Å². The Morgan fingerprint density at radius 2 is 1.89 bits per heavy atom. The van der Waals surface area contributed by atoms with Gasteiger partial charge in [-0.15, -0.1) is 0 Å². The van der Waals surface area contributed by atoms with E-state index in [1.807, 2.05) is 4.01 Å². The number of nitrogens with two attached hydrogens (primary N) is 3. The molecule has 1 aliphatic rings. The molecule has 0 atom stereocenters. The van der Waals surface area contributed by atoms with Gasteiger partial charge in [-0.25, -0.2) is 0 Å². The summed E-state index contributed by atoms with van der Waals surface area (Å²) in [6.45, 7) is 0. The molecule has 0 aromatic rings. The average Bonchev–Trinajstić information content (AvgIpc) is 1.80. The van der Waals surface area contributed by atoms with E-state index in [0.717, 1.165) is 9.40 Å². The van der Waals surface area contributed by atoms with Gasteiger partial charge in [0.05, 0.1) is 9.40 Å².